The molecule has 9 heteroatoms. The SMILES string of the molecule is CCCC(=O)N=C1S/C(=C\c2cc(Br)ccc2OCc2ccc(F)cc2)C(O)=C1C(=O)OCC. The molecule has 3 rings (SSSR count). The van der Waals surface area contributed by atoms with Crippen molar-refractivity contribution < 1.29 is 28.6 Å². The number of esters is 1. The summed E-state index contributed by atoms with van der Waals surface area (Å²) >= 11 is 4.45. The van der Waals surface area contributed by atoms with Crippen molar-refractivity contribution in [3.8, 4) is 5.75 Å². The van der Waals surface area contributed by atoms with E-state index < -0.39 is 5.97 Å². The van der Waals surface area contributed by atoms with Crippen LogP contribution in [-0.2, 0) is 20.9 Å². The van der Waals surface area contributed by atoms with Crippen LogP contribution in [0.4, 0.5) is 4.39 Å². The van der Waals surface area contributed by atoms with Gasteiger partial charge in [-0.2, -0.15) is 0 Å². The molecule has 0 spiro atoms. The second kappa shape index (κ2) is 12.0. The van der Waals surface area contributed by atoms with Gasteiger partial charge in [0.25, 0.3) is 0 Å². The van der Waals surface area contributed by atoms with Gasteiger partial charge in [0.2, 0.25) is 5.91 Å². The van der Waals surface area contributed by atoms with E-state index in [2.05, 4.69) is 20.9 Å². The largest absolute Gasteiger partial charge is 0.506 e. The van der Waals surface area contributed by atoms with Crippen molar-refractivity contribution in [3.63, 3.8) is 0 Å². The maximum Gasteiger partial charge on any atom is 0.344 e. The van der Waals surface area contributed by atoms with Crippen LogP contribution in [0.15, 0.2) is 68.2 Å². The van der Waals surface area contributed by atoms with Gasteiger partial charge < -0.3 is 14.6 Å². The highest BCUT2D eigenvalue weighted by atomic mass is 79.9. The first-order valence-electron chi connectivity index (χ1n) is 10.6. The van der Waals surface area contributed by atoms with Crippen molar-refractivity contribution in [2.24, 2.45) is 4.99 Å². The predicted octanol–water partition coefficient (Wildman–Crippen LogP) is 6.36. The molecule has 2 aromatic carbocycles. The molecule has 0 atom stereocenters. The number of nitrogens with zero attached hydrogens (tertiary/aromatic N) is 1. The number of aliphatic hydroxyl groups is 1. The third-order valence-electron chi connectivity index (χ3n) is 4.63. The lowest BCUT2D eigenvalue weighted by atomic mass is 10.1. The van der Waals surface area contributed by atoms with E-state index >= 15 is 0 Å². The molecule has 0 unspecified atom stereocenters. The number of hydrogen-bond donors (Lipinski definition) is 1. The molecule has 1 aliphatic rings. The second-order valence-electron chi connectivity index (χ2n) is 7.21. The molecule has 1 N–H and O–H groups in total. The Kier molecular flexibility index (Phi) is 9.06. The molecular formula is C25H23BrFNO5S. The number of benzene rings is 2. The Hall–Kier alpha value is -2.91. The molecule has 0 aromatic heterocycles. The van der Waals surface area contributed by atoms with Crippen molar-refractivity contribution in [3.05, 3.63) is 80.1 Å². The van der Waals surface area contributed by atoms with Crippen LogP contribution in [0.1, 0.15) is 37.8 Å². The summed E-state index contributed by atoms with van der Waals surface area (Å²) in [6, 6.07) is 11.3. The number of thioether (sulfide) groups is 1. The fraction of sp³-hybridized carbons (Fsp3) is 0.240. The minimum atomic E-state index is -0.749. The van der Waals surface area contributed by atoms with Gasteiger partial charge >= 0.3 is 5.97 Å². The number of amides is 1. The normalized spacial score (nSPS) is 15.8. The Morgan fingerprint density at radius 3 is 2.59 bits per heavy atom. The highest BCUT2D eigenvalue weighted by molar-refractivity contribution is 9.10. The fourth-order valence-corrected chi connectivity index (χ4v) is 4.42. The first-order chi connectivity index (χ1) is 16.3. The Morgan fingerprint density at radius 2 is 1.91 bits per heavy atom. The van der Waals surface area contributed by atoms with Gasteiger partial charge in [-0.25, -0.2) is 14.2 Å². The molecule has 178 valence electrons. The van der Waals surface area contributed by atoms with Crippen molar-refractivity contribution in [1.29, 1.82) is 0 Å². The van der Waals surface area contributed by atoms with Crippen molar-refractivity contribution in [1.82, 2.24) is 0 Å². The lowest BCUT2D eigenvalue weighted by molar-refractivity contribution is -0.138. The van der Waals surface area contributed by atoms with E-state index in [1.54, 1.807) is 43.3 Å². The van der Waals surface area contributed by atoms with Crippen molar-refractivity contribution >= 4 is 50.7 Å². The van der Waals surface area contributed by atoms with E-state index in [1.807, 2.05) is 6.92 Å². The van der Waals surface area contributed by atoms with Gasteiger partial charge in [0.1, 0.15) is 34.5 Å². The van der Waals surface area contributed by atoms with Gasteiger partial charge in [-0.15, -0.1) is 0 Å². The van der Waals surface area contributed by atoms with Gasteiger partial charge in [0.15, 0.2) is 0 Å². The Balaban J connectivity index is 1.95. The molecule has 0 bridgehead atoms. The Morgan fingerprint density at radius 1 is 1.18 bits per heavy atom. The quantitative estimate of drug-likeness (QED) is 0.387. The molecule has 34 heavy (non-hydrogen) atoms. The minimum absolute atomic E-state index is 0.101. The maximum atomic E-state index is 13.2. The molecule has 6 nitrogen and oxygen atoms in total. The summed E-state index contributed by atoms with van der Waals surface area (Å²) in [5.41, 5.74) is 1.27. The number of hydrogen-bond acceptors (Lipinski definition) is 6. The highest BCUT2D eigenvalue weighted by Gasteiger charge is 2.34. The van der Waals surface area contributed by atoms with Crippen LogP contribution < -0.4 is 4.74 Å². The van der Waals surface area contributed by atoms with Gasteiger partial charge in [0, 0.05) is 16.5 Å². The third kappa shape index (κ3) is 6.57. The summed E-state index contributed by atoms with van der Waals surface area (Å²) in [6.07, 6.45) is 2.49. The molecule has 1 heterocycles. The number of carbonyl (C=O) groups is 2. The molecule has 0 fully saturated rings. The zero-order valence-electron chi connectivity index (χ0n) is 18.6. The molecule has 0 saturated heterocycles. The molecular weight excluding hydrogens is 525 g/mol. The van der Waals surface area contributed by atoms with E-state index in [1.165, 1.54) is 12.1 Å². The van der Waals surface area contributed by atoms with E-state index in [0.29, 0.717) is 22.6 Å². The van der Waals surface area contributed by atoms with Crippen LogP contribution in [0.2, 0.25) is 0 Å². The van der Waals surface area contributed by atoms with Crippen LogP contribution in [0, 0.1) is 5.82 Å². The number of aliphatic imine (C=N–C) groups is 1. The number of halogens is 2. The fourth-order valence-electron chi connectivity index (χ4n) is 3.02. The summed E-state index contributed by atoms with van der Waals surface area (Å²) in [5.74, 6) is -1.26. The van der Waals surface area contributed by atoms with E-state index in [0.717, 1.165) is 21.8 Å². The summed E-state index contributed by atoms with van der Waals surface area (Å²) in [6.45, 7) is 3.83. The molecule has 2 aromatic rings. The zero-order valence-corrected chi connectivity index (χ0v) is 21.0. The summed E-state index contributed by atoms with van der Waals surface area (Å²) in [5, 5.41) is 10.9. The average Bonchev–Trinajstić information content (AvgIpc) is 3.09. The Labute approximate surface area is 209 Å². The van der Waals surface area contributed by atoms with Gasteiger partial charge in [-0.1, -0.05) is 46.7 Å². The van der Waals surface area contributed by atoms with Crippen LogP contribution in [0.25, 0.3) is 6.08 Å². The number of ether oxygens (including phenoxy) is 2. The van der Waals surface area contributed by atoms with Gasteiger partial charge in [-0.3, -0.25) is 4.79 Å². The summed E-state index contributed by atoms with van der Waals surface area (Å²) < 4.78 is 24.9. The summed E-state index contributed by atoms with van der Waals surface area (Å²) in [4.78, 5) is 28.9. The van der Waals surface area contributed by atoms with Gasteiger partial charge in [-0.05, 0) is 55.3 Å². The van der Waals surface area contributed by atoms with Crippen LogP contribution in [0.3, 0.4) is 0 Å². The summed E-state index contributed by atoms with van der Waals surface area (Å²) in [7, 11) is 0. The first kappa shape index (κ1) is 25.7. The molecule has 0 aliphatic carbocycles. The van der Waals surface area contributed by atoms with Crippen LogP contribution in [0.5, 0.6) is 5.75 Å². The monoisotopic (exact) mass is 547 g/mol. The van der Waals surface area contributed by atoms with E-state index in [9.17, 15) is 19.1 Å². The minimum Gasteiger partial charge on any atom is -0.506 e. The second-order valence-corrected chi connectivity index (χ2v) is 9.16. The number of rotatable bonds is 8. The number of aliphatic hydroxyl groups excluding tert-OH is 1. The van der Waals surface area contributed by atoms with Crippen molar-refractivity contribution in [2.75, 3.05) is 6.61 Å². The third-order valence-corrected chi connectivity index (χ3v) is 6.14. The standard InChI is InChI=1S/C25H23BrFNO5S/c1-3-5-21(29)28-24-22(25(31)32-4-2)23(30)20(34-24)13-16-12-17(26)8-11-19(16)33-14-15-6-9-18(27)10-7-15/h6-13,30H,3-5,14H2,1-2H3/b20-13-,28-24?. The smallest absolute Gasteiger partial charge is 0.344 e. The molecule has 1 aliphatic heterocycles. The molecule has 0 radical (unpaired) electrons. The van der Waals surface area contributed by atoms with Crippen LogP contribution in [-0.4, -0.2) is 28.6 Å². The average molecular weight is 548 g/mol. The zero-order chi connectivity index (χ0) is 24.7. The Bertz CT molecular complexity index is 1170. The molecule has 0 saturated carbocycles. The maximum absolute atomic E-state index is 13.2. The van der Waals surface area contributed by atoms with Crippen LogP contribution >= 0.6 is 27.7 Å². The first-order valence-corrected chi connectivity index (χ1v) is 12.2. The van der Waals surface area contributed by atoms with Crippen molar-refractivity contribution in [2.45, 2.75) is 33.3 Å². The lowest BCUT2D eigenvalue weighted by Gasteiger charge is -2.11. The predicted molar refractivity (Wildman–Crippen MR) is 134 cm³/mol. The van der Waals surface area contributed by atoms with E-state index in [4.69, 9.17) is 9.47 Å². The number of carbonyl (C=O) groups excluding carboxylic acids is 2. The highest BCUT2D eigenvalue weighted by Crippen LogP contribution is 2.40. The topological polar surface area (TPSA) is 85.2 Å². The lowest BCUT2D eigenvalue weighted by Crippen LogP contribution is -2.14. The van der Waals surface area contributed by atoms with Gasteiger partial charge in [0.05, 0.1) is 11.5 Å². The molecule has 1 amide bonds. The van der Waals surface area contributed by atoms with E-state index in [-0.39, 0.29) is 47.7 Å².